The summed E-state index contributed by atoms with van der Waals surface area (Å²) in [4.78, 5) is 11.5. The molecule has 7 heteroatoms. The van der Waals surface area contributed by atoms with Crippen molar-refractivity contribution >= 4 is 23.3 Å². The summed E-state index contributed by atoms with van der Waals surface area (Å²) in [6.07, 6.45) is 5.12. The number of hydrogen-bond donors (Lipinski definition) is 2. The van der Waals surface area contributed by atoms with E-state index in [0.717, 1.165) is 23.6 Å². The van der Waals surface area contributed by atoms with Gasteiger partial charge < -0.3 is 11.5 Å². The highest BCUT2D eigenvalue weighted by Crippen LogP contribution is 2.36. The number of thioether (sulfide) groups is 1. The number of aromatic nitrogens is 3. The summed E-state index contributed by atoms with van der Waals surface area (Å²) >= 11 is 1.62. The fourth-order valence-corrected chi connectivity index (χ4v) is 3.95. The normalized spacial score (nSPS) is 26.8. The fourth-order valence-electron chi connectivity index (χ4n) is 2.63. The van der Waals surface area contributed by atoms with Crippen LogP contribution in [0.2, 0.25) is 0 Å². The molecule has 0 radical (unpaired) electrons. The maximum atomic E-state index is 11.5. The predicted octanol–water partition coefficient (Wildman–Crippen LogP) is 0.947. The van der Waals surface area contributed by atoms with Gasteiger partial charge in [-0.25, -0.2) is 0 Å². The third-order valence-corrected chi connectivity index (χ3v) is 5.01. The van der Waals surface area contributed by atoms with E-state index in [1.54, 1.807) is 11.8 Å². The van der Waals surface area contributed by atoms with Gasteiger partial charge in [0.1, 0.15) is 0 Å². The van der Waals surface area contributed by atoms with E-state index in [-0.39, 0.29) is 5.25 Å². The average molecular weight is 291 g/mol. The number of amides is 1. The highest BCUT2D eigenvalue weighted by Gasteiger charge is 2.38. The van der Waals surface area contributed by atoms with E-state index in [4.69, 9.17) is 11.5 Å². The Labute approximate surface area is 120 Å². The molecule has 6 nitrogen and oxygen atoms in total. The first-order chi connectivity index (χ1) is 9.58. The Kier molecular flexibility index (Phi) is 3.39. The van der Waals surface area contributed by atoms with Crippen LogP contribution in [0.3, 0.4) is 0 Å². The number of primary amides is 1. The van der Waals surface area contributed by atoms with Crippen molar-refractivity contribution in [3.63, 3.8) is 0 Å². The van der Waals surface area contributed by atoms with E-state index < -0.39 is 11.4 Å². The lowest BCUT2D eigenvalue weighted by molar-refractivity contribution is -0.124. The van der Waals surface area contributed by atoms with Gasteiger partial charge in [0.05, 0.1) is 5.54 Å². The summed E-state index contributed by atoms with van der Waals surface area (Å²) in [6, 6.07) is 5.78. The van der Waals surface area contributed by atoms with Crippen molar-refractivity contribution < 1.29 is 4.79 Å². The molecule has 2 atom stereocenters. The van der Waals surface area contributed by atoms with Gasteiger partial charge in [-0.15, -0.1) is 10.2 Å². The lowest BCUT2D eigenvalue weighted by Crippen LogP contribution is -2.55. The van der Waals surface area contributed by atoms with Gasteiger partial charge >= 0.3 is 0 Å². The second-order valence-electron chi connectivity index (χ2n) is 5.27. The van der Waals surface area contributed by atoms with Gasteiger partial charge in [-0.05, 0) is 37.8 Å². The number of rotatable bonds is 3. The smallest absolute Gasteiger partial charge is 0.237 e. The van der Waals surface area contributed by atoms with Crippen LogP contribution in [-0.4, -0.2) is 31.3 Å². The van der Waals surface area contributed by atoms with Crippen LogP contribution >= 0.6 is 11.8 Å². The van der Waals surface area contributed by atoms with Crippen LogP contribution in [0.15, 0.2) is 29.6 Å². The number of pyridine rings is 1. The van der Waals surface area contributed by atoms with Gasteiger partial charge in [0.25, 0.3) is 0 Å². The highest BCUT2D eigenvalue weighted by molar-refractivity contribution is 7.99. The van der Waals surface area contributed by atoms with Crippen LogP contribution in [0.1, 0.15) is 25.7 Å². The summed E-state index contributed by atoms with van der Waals surface area (Å²) in [7, 11) is 0. The molecular formula is C13H17N5OS. The van der Waals surface area contributed by atoms with Gasteiger partial charge in [0.2, 0.25) is 5.91 Å². The molecule has 106 valence electrons. The Morgan fingerprint density at radius 2 is 2.30 bits per heavy atom. The minimum absolute atomic E-state index is 0.244. The van der Waals surface area contributed by atoms with Crippen LogP contribution in [0.5, 0.6) is 0 Å². The Morgan fingerprint density at radius 3 is 3.10 bits per heavy atom. The Hall–Kier alpha value is -1.60. The van der Waals surface area contributed by atoms with Gasteiger partial charge in [-0.2, -0.15) is 0 Å². The molecular weight excluding hydrogens is 274 g/mol. The number of carbonyl (C=O) groups excluding carboxylic acids is 1. The molecule has 0 saturated heterocycles. The third kappa shape index (κ3) is 2.38. The molecule has 0 bridgehead atoms. The molecule has 1 amide bonds. The summed E-state index contributed by atoms with van der Waals surface area (Å²) < 4.78 is 1.95. The molecule has 0 aliphatic heterocycles. The van der Waals surface area contributed by atoms with Crippen molar-refractivity contribution in [3.8, 4) is 0 Å². The number of carbonyl (C=O) groups is 1. The molecule has 3 rings (SSSR count). The summed E-state index contributed by atoms with van der Waals surface area (Å²) in [5.41, 5.74) is 11.5. The van der Waals surface area contributed by atoms with Crippen LogP contribution in [0.25, 0.3) is 5.65 Å². The van der Waals surface area contributed by atoms with Crippen LogP contribution in [-0.2, 0) is 4.79 Å². The highest BCUT2D eigenvalue weighted by atomic mass is 32.2. The van der Waals surface area contributed by atoms with Gasteiger partial charge in [0.15, 0.2) is 10.8 Å². The first kappa shape index (κ1) is 13.4. The molecule has 2 aromatic rings. The minimum Gasteiger partial charge on any atom is -0.368 e. The SMILES string of the molecule is NC(=O)C1(N)CCCC(Sc2nnc3ccccn23)C1. The molecule has 1 aliphatic rings. The maximum Gasteiger partial charge on any atom is 0.237 e. The molecule has 4 N–H and O–H groups in total. The molecule has 0 spiro atoms. The van der Waals surface area contributed by atoms with E-state index in [9.17, 15) is 4.79 Å². The van der Waals surface area contributed by atoms with Crippen molar-refractivity contribution in [2.75, 3.05) is 0 Å². The topological polar surface area (TPSA) is 99.3 Å². The molecule has 2 aromatic heterocycles. The van der Waals surface area contributed by atoms with Crippen molar-refractivity contribution in [2.24, 2.45) is 11.5 Å². The molecule has 0 aromatic carbocycles. The number of fused-ring (bicyclic) bond motifs is 1. The van der Waals surface area contributed by atoms with E-state index in [0.29, 0.717) is 12.8 Å². The Balaban J connectivity index is 1.79. The second-order valence-corrected chi connectivity index (χ2v) is 6.54. The summed E-state index contributed by atoms with van der Waals surface area (Å²) in [5, 5.41) is 9.40. The molecule has 1 aliphatic carbocycles. The lowest BCUT2D eigenvalue weighted by atomic mass is 9.82. The molecule has 2 heterocycles. The predicted molar refractivity (Wildman–Crippen MR) is 77.2 cm³/mol. The molecule has 2 unspecified atom stereocenters. The van der Waals surface area contributed by atoms with Crippen LogP contribution in [0.4, 0.5) is 0 Å². The van der Waals surface area contributed by atoms with Crippen molar-refractivity contribution in [2.45, 2.75) is 41.6 Å². The minimum atomic E-state index is -0.879. The van der Waals surface area contributed by atoms with Crippen LogP contribution < -0.4 is 11.5 Å². The monoisotopic (exact) mass is 291 g/mol. The van der Waals surface area contributed by atoms with Crippen molar-refractivity contribution in [1.82, 2.24) is 14.6 Å². The van der Waals surface area contributed by atoms with E-state index in [1.165, 1.54) is 0 Å². The average Bonchev–Trinajstić information content (AvgIpc) is 2.82. The zero-order valence-electron chi connectivity index (χ0n) is 11.0. The Bertz CT molecular complexity index is 642. The van der Waals surface area contributed by atoms with E-state index >= 15 is 0 Å². The van der Waals surface area contributed by atoms with E-state index in [2.05, 4.69) is 10.2 Å². The van der Waals surface area contributed by atoms with Crippen LogP contribution in [0, 0.1) is 0 Å². The third-order valence-electron chi connectivity index (χ3n) is 3.79. The lowest BCUT2D eigenvalue weighted by Gasteiger charge is -2.34. The van der Waals surface area contributed by atoms with E-state index in [1.807, 2.05) is 28.8 Å². The number of nitrogens with two attached hydrogens (primary N) is 2. The zero-order chi connectivity index (χ0) is 14.2. The molecule has 20 heavy (non-hydrogen) atoms. The quantitative estimate of drug-likeness (QED) is 0.877. The first-order valence-corrected chi connectivity index (χ1v) is 7.52. The first-order valence-electron chi connectivity index (χ1n) is 6.64. The number of nitrogens with zero attached hydrogens (tertiary/aromatic N) is 3. The standard InChI is InChI=1S/C13H17N5OS/c14-11(19)13(15)6-3-4-9(8-13)20-12-17-16-10-5-1-2-7-18(10)12/h1-2,5,7,9H,3-4,6,8,15H2,(H2,14,19). The van der Waals surface area contributed by atoms with Crippen molar-refractivity contribution in [1.29, 1.82) is 0 Å². The number of hydrogen-bond acceptors (Lipinski definition) is 5. The zero-order valence-corrected chi connectivity index (χ0v) is 11.8. The summed E-state index contributed by atoms with van der Waals surface area (Å²) in [5.74, 6) is -0.408. The summed E-state index contributed by atoms with van der Waals surface area (Å²) in [6.45, 7) is 0. The maximum absolute atomic E-state index is 11.5. The fraction of sp³-hybridized carbons (Fsp3) is 0.462. The molecule has 1 fully saturated rings. The Morgan fingerprint density at radius 1 is 1.45 bits per heavy atom. The largest absolute Gasteiger partial charge is 0.368 e. The second kappa shape index (κ2) is 5.06. The van der Waals surface area contributed by atoms with Gasteiger partial charge in [0, 0.05) is 11.4 Å². The van der Waals surface area contributed by atoms with Crippen molar-refractivity contribution in [3.05, 3.63) is 24.4 Å². The van der Waals surface area contributed by atoms with Gasteiger partial charge in [-0.1, -0.05) is 17.8 Å². The van der Waals surface area contributed by atoms with Gasteiger partial charge in [-0.3, -0.25) is 9.20 Å². The molecule has 1 saturated carbocycles.